The first-order valence-corrected chi connectivity index (χ1v) is 33.5. The van der Waals surface area contributed by atoms with E-state index in [0.29, 0.717) is 12.8 Å². The minimum Gasteiger partial charge on any atom is -0.394 e. The van der Waals surface area contributed by atoms with Crippen molar-refractivity contribution in [2.45, 2.75) is 319 Å². The highest BCUT2D eigenvalue weighted by atomic mass is 16.7. The van der Waals surface area contributed by atoms with Gasteiger partial charge in [-0.25, -0.2) is 0 Å². The first-order chi connectivity index (χ1) is 41.1. The monoisotopic (exact) mass is 1180 g/mol. The molecule has 0 spiro atoms. The number of aliphatic hydroxyl groups excluding tert-OH is 8. The van der Waals surface area contributed by atoms with Crippen LogP contribution in [-0.2, 0) is 23.7 Å². The Hall–Kier alpha value is -3.09. The molecule has 0 saturated carbocycles. The second-order valence-electron chi connectivity index (χ2n) is 23.2. The number of carbonyl (C=O) groups is 1. The van der Waals surface area contributed by atoms with Crippen molar-refractivity contribution in [2.24, 2.45) is 0 Å². The molecule has 12 atom stereocenters. The van der Waals surface area contributed by atoms with Crippen LogP contribution >= 0.6 is 0 Å². The van der Waals surface area contributed by atoms with Gasteiger partial charge in [-0.2, -0.15) is 0 Å². The Morgan fingerprint density at radius 2 is 0.833 bits per heavy atom. The van der Waals surface area contributed by atoms with Crippen LogP contribution in [-0.4, -0.2) is 140 Å². The Morgan fingerprint density at radius 1 is 0.440 bits per heavy atom. The Labute approximate surface area is 509 Å². The number of rotatable bonds is 53. The van der Waals surface area contributed by atoms with E-state index < -0.39 is 86.8 Å². The Morgan fingerprint density at radius 3 is 1.31 bits per heavy atom. The van der Waals surface area contributed by atoms with Gasteiger partial charge in [-0.05, 0) is 89.9 Å². The van der Waals surface area contributed by atoms with Crippen LogP contribution in [0.25, 0.3) is 0 Å². The van der Waals surface area contributed by atoms with Crippen molar-refractivity contribution in [1.29, 1.82) is 0 Å². The van der Waals surface area contributed by atoms with Crippen molar-refractivity contribution in [3.05, 3.63) is 97.2 Å². The Balaban J connectivity index is 1.74. The first-order valence-electron chi connectivity index (χ1n) is 33.5. The number of aliphatic hydroxyl groups is 8. The van der Waals surface area contributed by atoms with E-state index >= 15 is 0 Å². The maximum atomic E-state index is 13.3. The Bertz CT molecular complexity index is 1780. The second kappa shape index (κ2) is 54.1. The highest BCUT2D eigenvalue weighted by Crippen LogP contribution is 2.30. The molecule has 484 valence electrons. The number of amides is 1. The normalized spacial score (nSPS) is 24.3. The molecule has 12 unspecified atom stereocenters. The van der Waals surface area contributed by atoms with Crippen molar-refractivity contribution in [1.82, 2.24) is 5.32 Å². The number of nitrogens with one attached hydrogen (secondary N) is 1. The lowest BCUT2D eigenvalue weighted by atomic mass is 9.97. The quantitative estimate of drug-likeness (QED) is 0.0204. The maximum absolute atomic E-state index is 13.3. The summed E-state index contributed by atoms with van der Waals surface area (Å²) >= 11 is 0. The minimum absolute atomic E-state index is 0.259. The average molecular weight is 1180 g/mol. The lowest BCUT2D eigenvalue weighted by Crippen LogP contribution is -2.65. The largest absolute Gasteiger partial charge is 0.394 e. The molecule has 0 aromatic rings. The fourth-order valence-corrected chi connectivity index (χ4v) is 10.4. The molecule has 2 aliphatic heterocycles. The summed E-state index contributed by atoms with van der Waals surface area (Å²) in [7, 11) is 0. The summed E-state index contributed by atoms with van der Waals surface area (Å²) in [4.78, 5) is 13.3. The Kier molecular flexibility index (Phi) is 49.6. The molecule has 2 saturated heterocycles. The van der Waals surface area contributed by atoms with Crippen LogP contribution in [0.1, 0.15) is 245 Å². The van der Waals surface area contributed by atoms with Gasteiger partial charge in [-0.3, -0.25) is 4.79 Å². The van der Waals surface area contributed by atoms with Gasteiger partial charge in [0.05, 0.1) is 32.0 Å². The zero-order chi connectivity index (χ0) is 60.9. The number of hydrogen-bond acceptors (Lipinski definition) is 13. The molecule has 0 aromatic carbocycles. The molecular weight excluding hydrogens is 1060 g/mol. The van der Waals surface area contributed by atoms with Crippen molar-refractivity contribution in [3.63, 3.8) is 0 Å². The SMILES string of the molecule is CC/C=C\C/C=C\C/C=C\C/C=C\C/C=C\CCCCCCCCCCCCCC(=O)NC(COC1OC(CO)C(OC2OC(CO)C(O)C(O)C2O)C(O)C1O)C(O)/C=C/CC/C=C/CC/C=C/CCCCCCCCCCCCCCC. The highest BCUT2D eigenvalue weighted by molar-refractivity contribution is 5.76. The molecule has 2 heterocycles. The summed E-state index contributed by atoms with van der Waals surface area (Å²) in [6.45, 7) is 2.67. The van der Waals surface area contributed by atoms with E-state index in [2.05, 4.69) is 104 Å². The molecule has 9 N–H and O–H groups in total. The molecular formula is C70H121NO13. The summed E-state index contributed by atoms with van der Waals surface area (Å²) < 4.78 is 22.8. The minimum atomic E-state index is -1.80. The zero-order valence-electron chi connectivity index (χ0n) is 52.4. The van der Waals surface area contributed by atoms with E-state index in [4.69, 9.17) is 18.9 Å². The van der Waals surface area contributed by atoms with Gasteiger partial charge in [0.1, 0.15) is 48.8 Å². The van der Waals surface area contributed by atoms with Gasteiger partial charge in [0.15, 0.2) is 12.6 Å². The zero-order valence-corrected chi connectivity index (χ0v) is 52.4. The fourth-order valence-electron chi connectivity index (χ4n) is 10.4. The third-order valence-corrected chi connectivity index (χ3v) is 15.7. The lowest BCUT2D eigenvalue weighted by molar-refractivity contribution is -0.359. The standard InChI is InChI=1S/C70H121NO13/c1-3-5-7-9-11-13-15-17-19-21-23-25-27-28-29-30-32-34-36-38-40-42-44-46-48-50-52-54-62(75)71-58(57-81-69-67(80)65(78)68(61(56-73)83-69)84-70-66(79)64(77)63(76)60(55-72)82-70)59(74)53-51-49-47-45-43-41-39-37-35-33-31-26-24-22-20-18-16-14-12-10-8-6-4-2/h5,7,11,13,17,19,23,25,28-29,35,37,43,45,51,53,58-61,63-70,72-74,76-80H,3-4,6,8-10,12,14-16,18,20-22,24,26-27,30-34,36,38-42,44,46-50,52,54-57H2,1-2H3,(H,71,75)/b7-5-,13-11-,19-17-,25-23-,29-28-,37-35+,45-43+,53-51+. The van der Waals surface area contributed by atoms with Gasteiger partial charge in [-0.15, -0.1) is 0 Å². The summed E-state index contributed by atoms with van der Waals surface area (Å²) in [6.07, 6.45) is 58.8. The van der Waals surface area contributed by atoms with E-state index in [1.54, 1.807) is 6.08 Å². The third-order valence-electron chi connectivity index (χ3n) is 15.7. The highest BCUT2D eigenvalue weighted by Gasteiger charge is 2.51. The van der Waals surface area contributed by atoms with E-state index in [9.17, 15) is 45.6 Å². The maximum Gasteiger partial charge on any atom is 0.220 e. The molecule has 0 radical (unpaired) electrons. The average Bonchev–Trinajstić information content (AvgIpc) is 3.62. The topological polar surface area (TPSA) is 228 Å². The smallest absolute Gasteiger partial charge is 0.220 e. The molecule has 2 fully saturated rings. The van der Waals surface area contributed by atoms with E-state index in [0.717, 1.165) is 83.5 Å². The van der Waals surface area contributed by atoms with E-state index in [-0.39, 0.29) is 18.9 Å². The molecule has 0 bridgehead atoms. The summed E-state index contributed by atoms with van der Waals surface area (Å²) in [5.41, 5.74) is 0. The fraction of sp³-hybridized carbons (Fsp3) is 0.757. The number of hydrogen-bond donors (Lipinski definition) is 9. The van der Waals surface area contributed by atoms with Crippen molar-refractivity contribution in [3.8, 4) is 0 Å². The van der Waals surface area contributed by atoms with Crippen molar-refractivity contribution >= 4 is 5.91 Å². The van der Waals surface area contributed by atoms with Crippen molar-refractivity contribution < 1.29 is 64.6 Å². The van der Waals surface area contributed by atoms with Gasteiger partial charge in [0, 0.05) is 6.42 Å². The summed E-state index contributed by atoms with van der Waals surface area (Å²) in [5, 5.41) is 87.3. The molecule has 0 aromatic heterocycles. The van der Waals surface area contributed by atoms with Crippen LogP contribution < -0.4 is 5.32 Å². The van der Waals surface area contributed by atoms with Crippen LogP contribution in [0.3, 0.4) is 0 Å². The first kappa shape index (κ1) is 77.0. The lowest BCUT2D eigenvalue weighted by Gasteiger charge is -2.46. The molecule has 0 aliphatic carbocycles. The number of unbranched alkanes of at least 4 members (excludes halogenated alkanes) is 26. The molecule has 2 rings (SSSR count). The molecule has 2 aliphatic rings. The predicted octanol–water partition coefficient (Wildman–Crippen LogP) is 13.0. The van der Waals surface area contributed by atoms with Gasteiger partial charge < -0.3 is 65.1 Å². The van der Waals surface area contributed by atoms with Gasteiger partial charge in [-0.1, -0.05) is 246 Å². The van der Waals surface area contributed by atoms with Crippen molar-refractivity contribution in [2.75, 3.05) is 19.8 Å². The molecule has 14 nitrogen and oxygen atoms in total. The number of ether oxygens (including phenoxy) is 4. The van der Waals surface area contributed by atoms with Gasteiger partial charge in [0.25, 0.3) is 0 Å². The summed E-state index contributed by atoms with van der Waals surface area (Å²) in [5.74, 6) is -0.259. The van der Waals surface area contributed by atoms with Crippen LogP contribution in [0.5, 0.6) is 0 Å². The van der Waals surface area contributed by atoms with Crippen LogP contribution in [0.2, 0.25) is 0 Å². The van der Waals surface area contributed by atoms with Crippen LogP contribution in [0.15, 0.2) is 97.2 Å². The van der Waals surface area contributed by atoms with E-state index in [1.165, 1.54) is 128 Å². The predicted molar refractivity (Wildman–Crippen MR) is 341 cm³/mol. The molecule has 1 amide bonds. The van der Waals surface area contributed by atoms with Crippen LogP contribution in [0.4, 0.5) is 0 Å². The van der Waals surface area contributed by atoms with Gasteiger partial charge >= 0.3 is 0 Å². The molecule has 14 heteroatoms. The number of carbonyl (C=O) groups excluding carboxylic acids is 1. The van der Waals surface area contributed by atoms with Crippen LogP contribution in [0, 0.1) is 0 Å². The molecule has 84 heavy (non-hydrogen) atoms. The third kappa shape index (κ3) is 38.2. The summed E-state index contributed by atoms with van der Waals surface area (Å²) in [6, 6.07) is -0.947. The van der Waals surface area contributed by atoms with E-state index in [1.807, 2.05) is 6.08 Å². The number of allylic oxidation sites excluding steroid dienone is 15. The van der Waals surface area contributed by atoms with Gasteiger partial charge in [0.2, 0.25) is 5.91 Å². The second-order valence-corrected chi connectivity index (χ2v) is 23.2.